The van der Waals surface area contributed by atoms with Crippen LogP contribution in [0.3, 0.4) is 0 Å². The van der Waals surface area contributed by atoms with Crippen LogP contribution in [0.15, 0.2) is 45.6 Å². The molecule has 118 valence electrons. The summed E-state index contributed by atoms with van der Waals surface area (Å²) in [5.41, 5.74) is 0.484. The zero-order chi connectivity index (χ0) is 17.0. The average molecular weight is 312 g/mol. The van der Waals surface area contributed by atoms with Gasteiger partial charge in [0.05, 0.1) is 11.6 Å². The van der Waals surface area contributed by atoms with E-state index in [2.05, 4.69) is 5.32 Å². The minimum absolute atomic E-state index is 0.211. The van der Waals surface area contributed by atoms with Crippen LogP contribution in [0.1, 0.15) is 26.3 Å². The second-order valence-corrected chi connectivity index (χ2v) is 5.94. The monoisotopic (exact) mass is 312 g/mol. The summed E-state index contributed by atoms with van der Waals surface area (Å²) in [6.07, 6.45) is -0.719. The fourth-order valence-corrected chi connectivity index (χ4v) is 1.86. The molecule has 0 aliphatic heterocycles. The number of rotatable bonds is 2. The second kappa shape index (κ2) is 6.36. The van der Waals surface area contributed by atoms with Crippen molar-refractivity contribution in [3.8, 4) is 23.1 Å². The van der Waals surface area contributed by atoms with Gasteiger partial charge in [-0.2, -0.15) is 5.26 Å². The first-order valence-electron chi connectivity index (χ1n) is 6.92. The number of nitriles is 1. The highest BCUT2D eigenvalue weighted by atomic mass is 16.6. The number of benzene rings is 1. The predicted octanol–water partition coefficient (Wildman–Crippen LogP) is 3.07. The second-order valence-electron chi connectivity index (χ2n) is 5.94. The molecule has 0 unspecified atom stereocenters. The van der Waals surface area contributed by atoms with E-state index in [1.165, 1.54) is 12.1 Å². The Kier molecular flexibility index (Phi) is 4.51. The van der Waals surface area contributed by atoms with Gasteiger partial charge in [-0.15, -0.1) is 0 Å². The Morgan fingerprint density at radius 2 is 1.96 bits per heavy atom. The topological polar surface area (TPSA) is 92.3 Å². The van der Waals surface area contributed by atoms with E-state index in [0.29, 0.717) is 16.7 Å². The number of hydrogen-bond acceptors (Lipinski definition) is 5. The van der Waals surface area contributed by atoms with Crippen LogP contribution >= 0.6 is 0 Å². The van der Waals surface area contributed by atoms with Crippen molar-refractivity contribution < 1.29 is 13.9 Å². The molecule has 0 bridgehead atoms. The summed E-state index contributed by atoms with van der Waals surface area (Å²) in [5, 5.41) is 11.5. The minimum Gasteiger partial charge on any atom is -0.389 e. The first-order valence-corrected chi connectivity index (χ1v) is 6.92. The summed E-state index contributed by atoms with van der Waals surface area (Å²) in [6, 6.07) is 11.5. The van der Waals surface area contributed by atoms with Crippen molar-refractivity contribution in [3.63, 3.8) is 0 Å². The predicted molar refractivity (Wildman–Crippen MR) is 84.0 cm³/mol. The Morgan fingerprint density at radius 1 is 1.22 bits per heavy atom. The highest BCUT2D eigenvalue weighted by molar-refractivity contribution is 5.71. The molecular formula is C17H16N2O4. The molecule has 0 radical (unpaired) electrons. The van der Waals surface area contributed by atoms with Gasteiger partial charge >= 0.3 is 11.7 Å². The third-order valence-corrected chi connectivity index (χ3v) is 2.74. The van der Waals surface area contributed by atoms with Gasteiger partial charge in [0.15, 0.2) is 0 Å². The Bertz CT molecular complexity index is 825. The summed E-state index contributed by atoms with van der Waals surface area (Å²) in [6.45, 7) is 5.40. The molecule has 0 aliphatic carbocycles. The van der Waals surface area contributed by atoms with Gasteiger partial charge in [0.25, 0.3) is 5.95 Å². The van der Waals surface area contributed by atoms with E-state index in [0.717, 1.165) is 0 Å². The van der Waals surface area contributed by atoms with Crippen LogP contribution in [0.25, 0.3) is 11.1 Å². The molecule has 2 aromatic rings. The molecule has 1 aromatic carbocycles. The Hall–Kier alpha value is -3.07. The average Bonchev–Trinajstić information content (AvgIpc) is 2.44. The Labute approximate surface area is 133 Å². The van der Waals surface area contributed by atoms with Crippen LogP contribution in [-0.2, 0) is 0 Å². The van der Waals surface area contributed by atoms with Crippen molar-refractivity contribution in [1.29, 1.82) is 5.26 Å². The first-order chi connectivity index (χ1) is 10.8. The molecular weight excluding hydrogens is 296 g/mol. The van der Waals surface area contributed by atoms with E-state index in [4.69, 9.17) is 14.4 Å². The van der Waals surface area contributed by atoms with E-state index in [-0.39, 0.29) is 5.95 Å². The van der Waals surface area contributed by atoms with Crippen LogP contribution < -0.4 is 15.7 Å². The number of nitrogens with zero attached hydrogens (tertiary/aromatic N) is 1. The third kappa shape index (κ3) is 4.71. The number of carbonyl (C=O) groups excluding carboxylic acids is 1. The third-order valence-electron chi connectivity index (χ3n) is 2.74. The zero-order valence-corrected chi connectivity index (χ0v) is 13.0. The van der Waals surface area contributed by atoms with Crippen LogP contribution in [0.5, 0.6) is 5.95 Å². The molecule has 1 aromatic heterocycles. The van der Waals surface area contributed by atoms with E-state index in [1.54, 1.807) is 45.0 Å². The first kappa shape index (κ1) is 16.3. The molecule has 1 heterocycles. The van der Waals surface area contributed by atoms with E-state index in [1.807, 2.05) is 6.07 Å². The molecule has 0 spiro atoms. The lowest BCUT2D eigenvalue weighted by atomic mass is 10.1. The number of carbonyl (C=O) groups is 1. The van der Waals surface area contributed by atoms with Crippen LogP contribution in [0.2, 0.25) is 0 Å². The summed E-state index contributed by atoms with van der Waals surface area (Å²) < 4.78 is 9.89. The molecule has 6 heteroatoms. The lowest BCUT2D eigenvalue weighted by Gasteiger charge is -2.19. The largest absolute Gasteiger partial charge is 0.415 e. The number of amides is 1. The van der Waals surface area contributed by atoms with Gasteiger partial charge in [0, 0.05) is 17.7 Å². The maximum absolute atomic E-state index is 11.7. The normalized spacial score (nSPS) is 10.7. The summed E-state index contributed by atoms with van der Waals surface area (Å²) >= 11 is 0. The van der Waals surface area contributed by atoms with Gasteiger partial charge < -0.3 is 14.5 Å². The summed E-state index contributed by atoms with van der Waals surface area (Å²) in [7, 11) is 0. The SMILES string of the molecule is CC(C)(C)NC(=O)Oc1cc(-c2cccc(C#N)c2)cc(=O)o1. The fourth-order valence-electron chi connectivity index (χ4n) is 1.86. The number of ether oxygens (including phenoxy) is 1. The highest BCUT2D eigenvalue weighted by Crippen LogP contribution is 2.23. The lowest BCUT2D eigenvalue weighted by molar-refractivity contribution is 0.175. The van der Waals surface area contributed by atoms with Gasteiger partial charge in [-0.25, -0.2) is 9.59 Å². The van der Waals surface area contributed by atoms with Gasteiger partial charge in [-0.3, -0.25) is 0 Å². The molecule has 0 saturated heterocycles. The Balaban J connectivity index is 2.31. The molecule has 0 fully saturated rings. The van der Waals surface area contributed by atoms with Crippen molar-refractivity contribution >= 4 is 6.09 Å². The van der Waals surface area contributed by atoms with Crippen molar-refractivity contribution in [2.45, 2.75) is 26.3 Å². The molecule has 0 atom stereocenters. The van der Waals surface area contributed by atoms with Crippen molar-refractivity contribution in [2.24, 2.45) is 0 Å². The Morgan fingerprint density at radius 3 is 2.61 bits per heavy atom. The molecule has 0 saturated carbocycles. The van der Waals surface area contributed by atoms with Crippen molar-refractivity contribution in [1.82, 2.24) is 5.32 Å². The molecule has 0 aliphatic rings. The van der Waals surface area contributed by atoms with E-state index in [9.17, 15) is 9.59 Å². The fraction of sp³-hybridized carbons (Fsp3) is 0.235. The molecule has 2 rings (SSSR count). The molecule has 1 amide bonds. The standard InChI is InChI=1S/C17H16N2O4/c1-17(2,3)19-16(21)23-15-9-13(8-14(20)22-15)12-6-4-5-11(7-12)10-18/h4-9H,1-3H3,(H,19,21). The molecule has 23 heavy (non-hydrogen) atoms. The number of nitrogens with one attached hydrogen (secondary N) is 1. The summed E-state index contributed by atoms with van der Waals surface area (Å²) in [5.74, 6) is -0.211. The van der Waals surface area contributed by atoms with Crippen molar-refractivity contribution in [3.05, 3.63) is 52.4 Å². The minimum atomic E-state index is -0.719. The van der Waals surface area contributed by atoms with Crippen LogP contribution in [0.4, 0.5) is 4.79 Å². The smallest absolute Gasteiger partial charge is 0.389 e. The van der Waals surface area contributed by atoms with Gasteiger partial charge in [-0.1, -0.05) is 12.1 Å². The van der Waals surface area contributed by atoms with Gasteiger partial charge in [0.2, 0.25) is 0 Å². The highest BCUT2D eigenvalue weighted by Gasteiger charge is 2.17. The quantitative estimate of drug-likeness (QED) is 0.920. The van der Waals surface area contributed by atoms with E-state index < -0.39 is 17.3 Å². The van der Waals surface area contributed by atoms with Crippen molar-refractivity contribution in [2.75, 3.05) is 0 Å². The van der Waals surface area contributed by atoms with Crippen LogP contribution in [0, 0.1) is 11.3 Å². The maximum atomic E-state index is 11.7. The zero-order valence-electron chi connectivity index (χ0n) is 13.0. The number of hydrogen-bond donors (Lipinski definition) is 1. The van der Waals surface area contributed by atoms with Crippen LogP contribution in [-0.4, -0.2) is 11.6 Å². The maximum Gasteiger partial charge on any atom is 0.415 e. The molecule has 1 N–H and O–H groups in total. The van der Waals surface area contributed by atoms with Gasteiger partial charge in [0.1, 0.15) is 0 Å². The summed E-state index contributed by atoms with van der Waals surface area (Å²) in [4.78, 5) is 23.4. The lowest BCUT2D eigenvalue weighted by Crippen LogP contribution is -2.42. The molecule has 6 nitrogen and oxygen atoms in total. The van der Waals surface area contributed by atoms with E-state index >= 15 is 0 Å². The van der Waals surface area contributed by atoms with Gasteiger partial charge in [-0.05, 0) is 44.0 Å².